The number of ether oxygens (including phenoxy) is 1. The van der Waals surface area contributed by atoms with Gasteiger partial charge in [0.15, 0.2) is 0 Å². The highest BCUT2D eigenvalue weighted by atomic mass is 16.6. The Kier molecular flexibility index (Phi) is 3.78. The van der Waals surface area contributed by atoms with Crippen molar-refractivity contribution in [2.24, 2.45) is 5.92 Å². The van der Waals surface area contributed by atoms with Crippen LogP contribution in [0.1, 0.15) is 38.3 Å². The summed E-state index contributed by atoms with van der Waals surface area (Å²) in [6.07, 6.45) is 3.18. The zero-order chi connectivity index (χ0) is 15.0. The van der Waals surface area contributed by atoms with Crippen LogP contribution in [0.15, 0.2) is 24.3 Å². The molecule has 0 amide bonds. The van der Waals surface area contributed by atoms with Gasteiger partial charge < -0.3 is 4.74 Å². The van der Waals surface area contributed by atoms with E-state index < -0.39 is 0 Å². The third-order valence-electron chi connectivity index (χ3n) is 4.51. The minimum atomic E-state index is -0.381. The average Bonchev–Trinajstić information content (AvgIpc) is 3.03. The summed E-state index contributed by atoms with van der Waals surface area (Å²) >= 11 is 0. The van der Waals surface area contributed by atoms with Gasteiger partial charge in [0.2, 0.25) is 0 Å². The molecule has 0 spiro atoms. The van der Waals surface area contributed by atoms with Crippen molar-refractivity contribution in [3.05, 3.63) is 35.4 Å². The van der Waals surface area contributed by atoms with E-state index >= 15 is 0 Å². The Labute approximate surface area is 127 Å². The van der Waals surface area contributed by atoms with Crippen LogP contribution in [-0.2, 0) is 22.4 Å². The van der Waals surface area contributed by atoms with Crippen LogP contribution < -0.4 is 0 Å². The number of esters is 1. The van der Waals surface area contributed by atoms with Crippen molar-refractivity contribution in [1.82, 2.24) is 4.90 Å². The molecule has 1 atom stereocenters. The molecule has 1 aromatic rings. The Morgan fingerprint density at radius 3 is 2.38 bits per heavy atom. The van der Waals surface area contributed by atoms with E-state index in [1.165, 1.54) is 11.1 Å². The molecule has 1 heterocycles. The molecule has 0 unspecified atom stereocenters. The molecule has 0 bridgehead atoms. The summed E-state index contributed by atoms with van der Waals surface area (Å²) in [6, 6.07) is 9.27. The molecule has 3 heteroatoms. The van der Waals surface area contributed by atoms with Crippen LogP contribution in [0.3, 0.4) is 0 Å². The summed E-state index contributed by atoms with van der Waals surface area (Å²) < 4.78 is 5.53. The number of carbonyl (C=O) groups excluding carboxylic acids is 1. The third-order valence-corrected chi connectivity index (χ3v) is 4.51. The summed E-state index contributed by atoms with van der Waals surface area (Å²) in [4.78, 5) is 14.7. The van der Waals surface area contributed by atoms with Crippen molar-refractivity contribution >= 4 is 5.97 Å². The van der Waals surface area contributed by atoms with Crippen LogP contribution in [0.2, 0.25) is 0 Å². The Bertz CT molecular complexity index is 507. The Hall–Kier alpha value is -1.35. The average molecular weight is 287 g/mol. The molecule has 1 aliphatic carbocycles. The Morgan fingerprint density at radius 1 is 1.19 bits per heavy atom. The Balaban J connectivity index is 1.58. The first-order valence-electron chi connectivity index (χ1n) is 7.96. The summed E-state index contributed by atoms with van der Waals surface area (Å²) in [5.41, 5.74) is 2.57. The summed E-state index contributed by atoms with van der Waals surface area (Å²) in [7, 11) is 0. The highest BCUT2D eigenvalue weighted by Crippen LogP contribution is 2.30. The molecule has 3 nitrogen and oxygen atoms in total. The molecule has 1 fully saturated rings. The van der Waals surface area contributed by atoms with Crippen molar-refractivity contribution in [2.45, 2.75) is 51.7 Å². The number of hydrogen-bond donors (Lipinski definition) is 0. The number of hydrogen-bond acceptors (Lipinski definition) is 3. The van der Waals surface area contributed by atoms with Crippen LogP contribution in [0, 0.1) is 5.92 Å². The van der Waals surface area contributed by atoms with Crippen molar-refractivity contribution in [1.29, 1.82) is 0 Å². The van der Waals surface area contributed by atoms with Gasteiger partial charge in [0.25, 0.3) is 0 Å². The topological polar surface area (TPSA) is 29.5 Å². The molecule has 0 saturated carbocycles. The number of likely N-dealkylation sites (tertiary alicyclic amines) is 1. The van der Waals surface area contributed by atoms with Crippen LogP contribution >= 0.6 is 0 Å². The van der Waals surface area contributed by atoms with Crippen LogP contribution in [0.5, 0.6) is 0 Å². The Morgan fingerprint density at radius 2 is 1.81 bits per heavy atom. The standard InChI is InChI=1S/C18H25NO2/c1-18(2,3)21-17(20)15-8-9-19(12-15)16-10-13-6-4-5-7-14(13)11-16/h4-7,15-16H,8-12H2,1-3H3/t15-/m0/s1. The number of rotatable bonds is 2. The number of benzene rings is 1. The predicted octanol–water partition coefficient (Wildman–Crippen LogP) is 2.82. The lowest BCUT2D eigenvalue weighted by atomic mass is 10.1. The largest absolute Gasteiger partial charge is 0.460 e. The number of fused-ring (bicyclic) bond motifs is 1. The fraction of sp³-hybridized carbons (Fsp3) is 0.611. The van der Waals surface area contributed by atoms with E-state index in [4.69, 9.17) is 4.74 Å². The molecule has 114 valence electrons. The van der Waals surface area contributed by atoms with E-state index in [1.807, 2.05) is 20.8 Å². The van der Waals surface area contributed by atoms with Crippen LogP contribution in [-0.4, -0.2) is 35.6 Å². The fourth-order valence-electron chi connectivity index (χ4n) is 3.49. The van der Waals surface area contributed by atoms with Gasteiger partial charge in [-0.3, -0.25) is 9.69 Å². The molecule has 21 heavy (non-hydrogen) atoms. The molecule has 0 radical (unpaired) electrons. The predicted molar refractivity (Wildman–Crippen MR) is 83.2 cm³/mol. The van der Waals surface area contributed by atoms with Gasteiger partial charge in [0.1, 0.15) is 5.60 Å². The van der Waals surface area contributed by atoms with Crippen LogP contribution in [0.25, 0.3) is 0 Å². The second-order valence-corrected chi connectivity index (χ2v) is 7.34. The molecular weight excluding hydrogens is 262 g/mol. The zero-order valence-electron chi connectivity index (χ0n) is 13.3. The van der Waals surface area contributed by atoms with Gasteiger partial charge in [-0.2, -0.15) is 0 Å². The van der Waals surface area contributed by atoms with E-state index in [9.17, 15) is 4.79 Å². The van der Waals surface area contributed by atoms with Gasteiger partial charge in [0.05, 0.1) is 5.92 Å². The first-order valence-corrected chi connectivity index (χ1v) is 7.96. The van der Waals surface area contributed by atoms with Gasteiger partial charge >= 0.3 is 5.97 Å². The molecule has 1 aliphatic heterocycles. The highest BCUT2D eigenvalue weighted by molar-refractivity contribution is 5.73. The number of nitrogens with zero attached hydrogens (tertiary/aromatic N) is 1. The molecule has 3 rings (SSSR count). The first kappa shape index (κ1) is 14.6. The van der Waals surface area contributed by atoms with Crippen molar-refractivity contribution in [2.75, 3.05) is 13.1 Å². The van der Waals surface area contributed by atoms with Gasteiger partial charge in [-0.15, -0.1) is 0 Å². The zero-order valence-corrected chi connectivity index (χ0v) is 13.3. The molecule has 1 aromatic carbocycles. The maximum atomic E-state index is 12.2. The van der Waals surface area contributed by atoms with Gasteiger partial charge in [0, 0.05) is 12.6 Å². The van der Waals surface area contributed by atoms with Crippen molar-refractivity contribution in [3.8, 4) is 0 Å². The summed E-state index contributed by atoms with van der Waals surface area (Å²) in [6.45, 7) is 7.68. The minimum Gasteiger partial charge on any atom is -0.460 e. The van der Waals surface area contributed by atoms with E-state index in [1.54, 1.807) is 0 Å². The maximum Gasteiger partial charge on any atom is 0.310 e. The maximum absolute atomic E-state index is 12.2. The lowest BCUT2D eigenvalue weighted by Crippen LogP contribution is -2.36. The lowest BCUT2D eigenvalue weighted by molar-refractivity contribution is -0.159. The van der Waals surface area contributed by atoms with Gasteiger partial charge in [-0.25, -0.2) is 0 Å². The molecule has 2 aliphatic rings. The van der Waals surface area contributed by atoms with Crippen molar-refractivity contribution < 1.29 is 9.53 Å². The fourth-order valence-corrected chi connectivity index (χ4v) is 3.49. The molecular formula is C18H25NO2. The quantitative estimate of drug-likeness (QED) is 0.783. The van der Waals surface area contributed by atoms with Crippen LogP contribution in [0.4, 0.5) is 0 Å². The van der Waals surface area contributed by atoms with Crippen molar-refractivity contribution in [3.63, 3.8) is 0 Å². The van der Waals surface area contributed by atoms with E-state index in [2.05, 4.69) is 29.2 Å². The van der Waals surface area contributed by atoms with E-state index in [0.29, 0.717) is 6.04 Å². The monoisotopic (exact) mass is 287 g/mol. The molecule has 0 N–H and O–H groups in total. The minimum absolute atomic E-state index is 0.0273. The number of carbonyl (C=O) groups is 1. The highest BCUT2D eigenvalue weighted by Gasteiger charge is 2.36. The lowest BCUT2D eigenvalue weighted by Gasteiger charge is -2.25. The van der Waals surface area contributed by atoms with E-state index in [-0.39, 0.29) is 17.5 Å². The first-order chi connectivity index (χ1) is 9.92. The summed E-state index contributed by atoms with van der Waals surface area (Å²) in [5.74, 6) is 0.0217. The second kappa shape index (κ2) is 5.45. The second-order valence-electron chi connectivity index (χ2n) is 7.34. The molecule has 0 aromatic heterocycles. The molecule has 1 saturated heterocycles. The van der Waals surface area contributed by atoms with Gasteiger partial charge in [-0.1, -0.05) is 24.3 Å². The smallest absolute Gasteiger partial charge is 0.310 e. The van der Waals surface area contributed by atoms with E-state index in [0.717, 1.165) is 32.4 Å². The third kappa shape index (κ3) is 3.29. The van der Waals surface area contributed by atoms with Gasteiger partial charge in [-0.05, 0) is 57.7 Å². The normalized spacial score (nSPS) is 23.3. The SMILES string of the molecule is CC(C)(C)OC(=O)[C@H]1CCN(C2Cc3ccccc3C2)C1. The summed E-state index contributed by atoms with van der Waals surface area (Å²) in [5, 5.41) is 0.